The summed E-state index contributed by atoms with van der Waals surface area (Å²) in [7, 11) is 1.65. The number of benzene rings is 1. The Kier molecular flexibility index (Phi) is 7.29. The number of nitrogens with zero attached hydrogens (tertiary/aromatic N) is 2. The first-order chi connectivity index (χ1) is 12.0. The second-order valence-corrected chi connectivity index (χ2v) is 7.18. The maximum Gasteiger partial charge on any atom is 0.251 e. The third-order valence-corrected chi connectivity index (χ3v) is 4.55. The van der Waals surface area contributed by atoms with Crippen molar-refractivity contribution in [2.45, 2.75) is 40.2 Å². The highest BCUT2D eigenvalue weighted by molar-refractivity contribution is 5.94. The van der Waals surface area contributed by atoms with E-state index in [1.807, 2.05) is 24.3 Å². The van der Waals surface area contributed by atoms with E-state index >= 15 is 0 Å². The maximum atomic E-state index is 11.8. The average Bonchev–Trinajstić information content (AvgIpc) is 3.05. The van der Waals surface area contributed by atoms with Gasteiger partial charge in [-0.3, -0.25) is 4.79 Å². The van der Waals surface area contributed by atoms with Gasteiger partial charge in [-0.15, -0.1) is 0 Å². The van der Waals surface area contributed by atoms with Crippen molar-refractivity contribution in [1.29, 1.82) is 0 Å². The SMILES string of the molecule is CCNC(=NCc1cccc(C(=O)NC)c1)N1CCC(CC(C)C)C1. The van der Waals surface area contributed by atoms with Crippen LogP contribution in [0.5, 0.6) is 0 Å². The molecule has 1 aliphatic heterocycles. The maximum absolute atomic E-state index is 11.8. The predicted octanol–water partition coefficient (Wildman–Crippen LogP) is 2.88. The molecule has 5 nitrogen and oxygen atoms in total. The summed E-state index contributed by atoms with van der Waals surface area (Å²) in [5.41, 5.74) is 1.73. The van der Waals surface area contributed by atoms with Gasteiger partial charge in [-0.05, 0) is 49.3 Å². The Morgan fingerprint density at radius 2 is 2.20 bits per heavy atom. The van der Waals surface area contributed by atoms with Gasteiger partial charge in [-0.1, -0.05) is 26.0 Å². The Labute approximate surface area is 151 Å². The molecule has 1 unspecified atom stereocenters. The summed E-state index contributed by atoms with van der Waals surface area (Å²) in [6, 6.07) is 7.67. The van der Waals surface area contributed by atoms with Crippen molar-refractivity contribution in [3.05, 3.63) is 35.4 Å². The minimum atomic E-state index is -0.0613. The van der Waals surface area contributed by atoms with Gasteiger partial charge in [-0.2, -0.15) is 0 Å². The molecule has 0 saturated carbocycles. The first-order valence-corrected chi connectivity index (χ1v) is 9.37. The first kappa shape index (κ1) is 19.3. The lowest BCUT2D eigenvalue weighted by Crippen LogP contribution is -2.40. The summed E-state index contributed by atoms with van der Waals surface area (Å²) >= 11 is 0. The molecule has 2 rings (SSSR count). The lowest BCUT2D eigenvalue weighted by atomic mass is 9.97. The molecular weight excluding hydrogens is 312 g/mol. The van der Waals surface area contributed by atoms with Gasteiger partial charge in [0.25, 0.3) is 5.91 Å². The predicted molar refractivity (Wildman–Crippen MR) is 104 cm³/mol. The highest BCUT2D eigenvalue weighted by Crippen LogP contribution is 2.23. The van der Waals surface area contributed by atoms with Crippen molar-refractivity contribution in [3.8, 4) is 0 Å². The lowest BCUT2D eigenvalue weighted by molar-refractivity contribution is 0.0963. The molecule has 0 spiro atoms. The molecule has 138 valence electrons. The summed E-state index contributed by atoms with van der Waals surface area (Å²) in [4.78, 5) is 19.0. The number of hydrogen-bond acceptors (Lipinski definition) is 2. The molecule has 1 fully saturated rings. The standard InChI is InChI=1S/C20H32N4O/c1-5-22-20(24-10-9-17(14-24)11-15(2)3)23-13-16-7-6-8-18(12-16)19(25)21-4/h6-8,12,15,17H,5,9-11,13-14H2,1-4H3,(H,21,25)(H,22,23). The van der Waals surface area contributed by atoms with E-state index in [1.165, 1.54) is 12.8 Å². The van der Waals surface area contributed by atoms with E-state index in [4.69, 9.17) is 4.99 Å². The van der Waals surface area contributed by atoms with E-state index in [-0.39, 0.29) is 5.91 Å². The number of rotatable bonds is 6. The van der Waals surface area contributed by atoms with Crippen LogP contribution in [0.2, 0.25) is 0 Å². The quantitative estimate of drug-likeness (QED) is 0.616. The molecule has 2 N–H and O–H groups in total. The number of aliphatic imine (C=N–C) groups is 1. The molecule has 1 aliphatic rings. The van der Waals surface area contributed by atoms with Crippen LogP contribution < -0.4 is 10.6 Å². The van der Waals surface area contributed by atoms with Gasteiger partial charge in [0, 0.05) is 32.2 Å². The zero-order chi connectivity index (χ0) is 18.2. The van der Waals surface area contributed by atoms with Crippen LogP contribution in [0.15, 0.2) is 29.3 Å². The molecule has 1 aromatic carbocycles. The van der Waals surface area contributed by atoms with Gasteiger partial charge >= 0.3 is 0 Å². The molecule has 0 bridgehead atoms. The lowest BCUT2D eigenvalue weighted by Gasteiger charge is -2.22. The zero-order valence-electron chi connectivity index (χ0n) is 16.0. The molecule has 0 aromatic heterocycles. The number of likely N-dealkylation sites (tertiary alicyclic amines) is 1. The monoisotopic (exact) mass is 344 g/mol. The van der Waals surface area contributed by atoms with Gasteiger partial charge in [0.1, 0.15) is 0 Å². The summed E-state index contributed by atoms with van der Waals surface area (Å²) in [5.74, 6) is 2.44. The molecule has 1 saturated heterocycles. The molecule has 1 aromatic rings. The summed E-state index contributed by atoms with van der Waals surface area (Å²) in [6.07, 6.45) is 2.53. The van der Waals surface area contributed by atoms with Crippen molar-refractivity contribution in [1.82, 2.24) is 15.5 Å². The Balaban J connectivity index is 2.04. The third-order valence-electron chi connectivity index (χ3n) is 4.55. The number of amides is 1. The van der Waals surface area contributed by atoms with Crippen LogP contribution in [0.25, 0.3) is 0 Å². The van der Waals surface area contributed by atoms with Crippen molar-refractivity contribution in [2.75, 3.05) is 26.7 Å². The highest BCUT2D eigenvalue weighted by Gasteiger charge is 2.25. The average molecular weight is 345 g/mol. The van der Waals surface area contributed by atoms with Crippen LogP contribution in [0, 0.1) is 11.8 Å². The molecule has 25 heavy (non-hydrogen) atoms. The number of carbonyl (C=O) groups is 1. The second-order valence-electron chi connectivity index (χ2n) is 7.18. The molecule has 0 aliphatic carbocycles. The fraction of sp³-hybridized carbons (Fsp3) is 0.600. The van der Waals surface area contributed by atoms with E-state index in [2.05, 4.69) is 36.3 Å². The first-order valence-electron chi connectivity index (χ1n) is 9.37. The van der Waals surface area contributed by atoms with Gasteiger partial charge in [0.2, 0.25) is 0 Å². The molecular formula is C20H32N4O. The minimum absolute atomic E-state index is 0.0613. The van der Waals surface area contributed by atoms with E-state index < -0.39 is 0 Å². The van der Waals surface area contributed by atoms with Crippen LogP contribution in [-0.2, 0) is 6.54 Å². The summed E-state index contributed by atoms with van der Waals surface area (Å²) in [5, 5.41) is 6.08. The van der Waals surface area contributed by atoms with Crippen LogP contribution in [0.1, 0.15) is 49.5 Å². The van der Waals surface area contributed by atoms with Gasteiger partial charge in [0.15, 0.2) is 5.96 Å². The van der Waals surface area contributed by atoms with Gasteiger partial charge in [-0.25, -0.2) is 4.99 Å². The second kappa shape index (κ2) is 9.44. The van der Waals surface area contributed by atoms with Crippen LogP contribution in [-0.4, -0.2) is 43.4 Å². The molecule has 1 amide bonds. The highest BCUT2D eigenvalue weighted by atomic mass is 16.1. The number of hydrogen-bond donors (Lipinski definition) is 2. The fourth-order valence-corrected chi connectivity index (χ4v) is 3.43. The third kappa shape index (κ3) is 5.76. The van der Waals surface area contributed by atoms with Crippen LogP contribution in [0.3, 0.4) is 0 Å². The topological polar surface area (TPSA) is 56.7 Å². The minimum Gasteiger partial charge on any atom is -0.357 e. The number of guanidine groups is 1. The van der Waals surface area contributed by atoms with Crippen LogP contribution >= 0.6 is 0 Å². The summed E-state index contributed by atoms with van der Waals surface area (Å²) in [6.45, 7) is 10.3. The van der Waals surface area contributed by atoms with Gasteiger partial charge < -0.3 is 15.5 Å². The molecule has 1 heterocycles. The normalized spacial score (nSPS) is 17.9. The Bertz CT molecular complexity index is 597. The number of nitrogens with one attached hydrogen (secondary N) is 2. The zero-order valence-corrected chi connectivity index (χ0v) is 16.0. The van der Waals surface area contributed by atoms with Crippen molar-refractivity contribution in [2.24, 2.45) is 16.8 Å². The van der Waals surface area contributed by atoms with E-state index in [0.29, 0.717) is 12.1 Å². The smallest absolute Gasteiger partial charge is 0.251 e. The van der Waals surface area contributed by atoms with E-state index in [0.717, 1.165) is 43.0 Å². The van der Waals surface area contributed by atoms with E-state index in [9.17, 15) is 4.79 Å². The fourth-order valence-electron chi connectivity index (χ4n) is 3.43. The summed E-state index contributed by atoms with van der Waals surface area (Å²) < 4.78 is 0. The van der Waals surface area contributed by atoms with Crippen molar-refractivity contribution in [3.63, 3.8) is 0 Å². The van der Waals surface area contributed by atoms with Crippen molar-refractivity contribution >= 4 is 11.9 Å². The van der Waals surface area contributed by atoms with Crippen LogP contribution in [0.4, 0.5) is 0 Å². The van der Waals surface area contributed by atoms with Gasteiger partial charge in [0.05, 0.1) is 6.54 Å². The molecule has 1 atom stereocenters. The Morgan fingerprint density at radius 3 is 2.88 bits per heavy atom. The Morgan fingerprint density at radius 1 is 1.40 bits per heavy atom. The number of carbonyl (C=O) groups excluding carboxylic acids is 1. The molecule has 5 heteroatoms. The van der Waals surface area contributed by atoms with Crippen molar-refractivity contribution < 1.29 is 4.79 Å². The van der Waals surface area contributed by atoms with E-state index in [1.54, 1.807) is 7.05 Å². The molecule has 0 radical (unpaired) electrons. The Hall–Kier alpha value is -2.04. The largest absolute Gasteiger partial charge is 0.357 e.